The number of amides is 1. The van der Waals surface area contributed by atoms with Gasteiger partial charge in [-0.2, -0.15) is 0 Å². The average molecular weight is 429 g/mol. The van der Waals surface area contributed by atoms with E-state index in [1.165, 1.54) is 24.3 Å². The quantitative estimate of drug-likeness (QED) is 0.423. The highest BCUT2D eigenvalue weighted by atomic mass is 19.1. The number of esters is 1. The maximum atomic E-state index is 13.4. The molecule has 0 saturated carbocycles. The molecule has 1 unspecified atom stereocenters. The lowest BCUT2D eigenvalue weighted by atomic mass is 9.96. The molecule has 0 saturated heterocycles. The number of hydrogen-bond acceptors (Lipinski definition) is 6. The molecule has 0 radical (unpaired) electrons. The van der Waals surface area contributed by atoms with Crippen LogP contribution in [0.2, 0.25) is 0 Å². The zero-order valence-corrected chi connectivity index (χ0v) is 17.6. The second kappa shape index (κ2) is 8.77. The van der Waals surface area contributed by atoms with Crippen LogP contribution in [0.15, 0.2) is 40.8 Å². The van der Waals surface area contributed by atoms with E-state index in [-0.39, 0.29) is 28.9 Å². The van der Waals surface area contributed by atoms with Crippen molar-refractivity contribution in [2.75, 3.05) is 0 Å². The Morgan fingerprint density at radius 1 is 1.10 bits per heavy atom. The Bertz CT molecular complexity index is 1120. The smallest absolute Gasteiger partial charge is 0.412 e. The van der Waals surface area contributed by atoms with Crippen LogP contribution in [0.4, 0.5) is 9.18 Å². The van der Waals surface area contributed by atoms with E-state index in [2.05, 4.69) is 4.74 Å². The van der Waals surface area contributed by atoms with Crippen molar-refractivity contribution in [1.29, 1.82) is 0 Å². The van der Waals surface area contributed by atoms with E-state index in [1.807, 2.05) is 27.7 Å². The van der Waals surface area contributed by atoms with Crippen molar-refractivity contribution in [3.05, 3.63) is 53.3 Å². The molecule has 164 valence electrons. The van der Waals surface area contributed by atoms with E-state index >= 15 is 0 Å². The molecule has 3 aromatic rings. The summed E-state index contributed by atoms with van der Waals surface area (Å²) in [6.07, 6.45) is -2.33. The topological polar surface area (TPSA) is 112 Å². The van der Waals surface area contributed by atoms with Crippen LogP contribution < -0.4 is 10.5 Å². The monoisotopic (exact) mass is 429 g/mol. The van der Waals surface area contributed by atoms with Crippen LogP contribution in [0.25, 0.3) is 22.3 Å². The molecule has 3 rings (SSSR count). The Morgan fingerprint density at radius 2 is 1.74 bits per heavy atom. The molecule has 0 spiro atoms. The summed E-state index contributed by atoms with van der Waals surface area (Å²) in [5.41, 5.74) is 6.12. The molecule has 1 atom stereocenters. The van der Waals surface area contributed by atoms with Crippen molar-refractivity contribution >= 4 is 23.0 Å². The van der Waals surface area contributed by atoms with Gasteiger partial charge in [-0.1, -0.05) is 13.8 Å². The number of hydrogen-bond donors (Lipinski definition) is 2. The molecule has 7 nitrogen and oxygen atoms in total. The Kier molecular flexibility index (Phi) is 6.31. The predicted molar refractivity (Wildman–Crippen MR) is 112 cm³/mol. The SMILES string of the molecule is CC(C)Oc1cc2c(C(=O)OC(N)=O)c(-c3ccc(F)cc3)oc2cc1C(O)C(C)C. The molecule has 1 heterocycles. The lowest BCUT2D eigenvalue weighted by molar-refractivity contribution is 0.0640. The first-order chi connectivity index (χ1) is 14.6. The number of fused-ring (bicyclic) bond motifs is 1. The van der Waals surface area contributed by atoms with E-state index in [0.717, 1.165) is 0 Å². The van der Waals surface area contributed by atoms with Gasteiger partial charge in [-0.3, -0.25) is 0 Å². The first-order valence-corrected chi connectivity index (χ1v) is 9.81. The van der Waals surface area contributed by atoms with Crippen molar-refractivity contribution in [2.45, 2.75) is 39.9 Å². The zero-order chi connectivity index (χ0) is 22.9. The van der Waals surface area contributed by atoms with Crippen LogP contribution in [0.3, 0.4) is 0 Å². The molecule has 8 heteroatoms. The summed E-state index contributed by atoms with van der Waals surface area (Å²) in [7, 11) is 0. The van der Waals surface area contributed by atoms with Crippen LogP contribution >= 0.6 is 0 Å². The molecule has 0 aliphatic carbocycles. The molecular formula is C23H24FNO6. The minimum Gasteiger partial charge on any atom is -0.491 e. The standard InChI is InChI=1S/C23H24FNO6/c1-11(2)20(26)16-10-17-15(9-18(16)29-12(3)4)19(22(27)31-23(25)28)21(30-17)13-5-7-14(24)8-6-13/h5-12,20,26H,1-4H3,(H2,25,28). The number of carbonyl (C=O) groups is 2. The van der Waals surface area contributed by atoms with Crippen LogP contribution in [-0.4, -0.2) is 23.3 Å². The fraction of sp³-hybridized carbons (Fsp3) is 0.304. The van der Waals surface area contributed by atoms with Gasteiger partial charge in [0.05, 0.1) is 12.2 Å². The van der Waals surface area contributed by atoms with E-state index in [9.17, 15) is 19.1 Å². The van der Waals surface area contributed by atoms with Gasteiger partial charge in [0.25, 0.3) is 0 Å². The van der Waals surface area contributed by atoms with Gasteiger partial charge < -0.3 is 24.7 Å². The van der Waals surface area contributed by atoms with Gasteiger partial charge in [-0.15, -0.1) is 0 Å². The number of primary amides is 1. The third-order valence-corrected chi connectivity index (χ3v) is 4.64. The molecule has 31 heavy (non-hydrogen) atoms. The number of aliphatic hydroxyl groups excluding tert-OH is 1. The lowest BCUT2D eigenvalue weighted by Gasteiger charge is -2.20. The molecule has 0 aliphatic rings. The fourth-order valence-electron chi connectivity index (χ4n) is 3.23. The van der Waals surface area contributed by atoms with Gasteiger partial charge >= 0.3 is 12.1 Å². The van der Waals surface area contributed by atoms with Gasteiger partial charge in [-0.05, 0) is 56.2 Å². The molecular weight excluding hydrogens is 405 g/mol. The summed E-state index contributed by atoms with van der Waals surface area (Å²) in [6, 6.07) is 8.45. The highest BCUT2D eigenvalue weighted by Crippen LogP contribution is 2.40. The van der Waals surface area contributed by atoms with E-state index < -0.39 is 24.0 Å². The molecule has 2 aromatic carbocycles. The number of carbonyl (C=O) groups excluding carboxylic acids is 2. The van der Waals surface area contributed by atoms with Gasteiger partial charge in [0.15, 0.2) is 0 Å². The van der Waals surface area contributed by atoms with Crippen molar-refractivity contribution in [1.82, 2.24) is 0 Å². The second-order valence-electron chi connectivity index (χ2n) is 7.76. The largest absolute Gasteiger partial charge is 0.491 e. The predicted octanol–water partition coefficient (Wildman–Crippen LogP) is 4.95. The summed E-state index contributed by atoms with van der Waals surface area (Å²) in [5, 5.41) is 11.0. The van der Waals surface area contributed by atoms with Crippen LogP contribution in [0.5, 0.6) is 5.75 Å². The molecule has 1 aromatic heterocycles. The highest BCUT2D eigenvalue weighted by Gasteiger charge is 2.28. The molecule has 3 N–H and O–H groups in total. The first kappa shape index (κ1) is 22.3. The summed E-state index contributed by atoms with van der Waals surface area (Å²) in [5.74, 6) is -1.15. The minimum absolute atomic E-state index is 0.0559. The summed E-state index contributed by atoms with van der Waals surface area (Å²) < 4.78 is 29.8. The zero-order valence-electron chi connectivity index (χ0n) is 17.6. The minimum atomic E-state index is -1.27. The van der Waals surface area contributed by atoms with E-state index in [1.54, 1.807) is 12.1 Å². The number of nitrogens with two attached hydrogens (primary N) is 1. The Labute approximate surface area is 178 Å². The Hall–Kier alpha value is -3.39. The number of aliphatic hydroxyl groups is 1. The molecule has 0 fully saturated rings. The van der Waals surface area contributed by atoms with Gasteiger partial charge in [-0.25, -0.2) is 14.0 Å². The lowest BCUT2D eigenvalue weighted by Crippen LogP contribution is -2.18. The number of halogens is 1. The van der Waals surface area contributed by atoms with Crippen molar-refractivity contribution in [2.24, 2.45) is 11.7 Å². The Balaban J connectivity index is 2.31. The van der Waals surface area contributed by atoms with Crippen LogP contribution in [-0.2, 0) is 4.74 Å². The third kappa shape index (κ3) is 4.69. The van der Waals surface area contributed by atoms with Crippen LogP contribution in [0.1, 0.15) is 49.7 Å². The van der Waals surface area contributed by atoms with Crippen molar-refractivity contribution in [3.8, 4) is 17.1 Å². The van der Waals surface area contributed by atoms with Gasteiger partial charge in [0, 0.05) is 16.5 Å². The average Bonchev–Trinajstić information content (AvgIpc) is 3.04. The van der Waals surface area contributed by atoms with Crippen LogP contribution in [0, 0.1) is 11.7 Å². The molecule has 0 bridgehead atoms. The van der Waals surface area contributed by atoms with Gasteiger partial charge in [0.1, 0.15) is 28.5 Å². The third-order valence-electron chi connectivity index (χ3n) is 4.64. The van der Waals surface area contributed by atoms with Crippen molar-refractivity contribution in [3.63, 3.8) is 0 Å². The number of benzene rings is 2. The molecule has 0 aliphatic heterocycles. The van der Waals surface area contributed by atoms with Crippen molar-refractivity contribution < 1.29 is 33.0 Å². The summed E-state index contributed by atoms with van der Waals surface area (Å²) >= 11 is 0. The summed E-state index contributed by atoms with van der Waals surface area (Å²) in [4.78, 5) is 23.9. The number of rotatable bonds is 6. The van der Waals surface area contributed by atoms with Gasteiger partial charge in [0.2, 0.25) is 0 Å². The normalized spacial score (nSPS) is 12.4. The van der Waals surface area contributed by atoms with E-state index in [0.29, 0.717) is 22.3 Å². The maximum Gasteiger partial charge on any atom is 0.412 e. The summed E-state index contributed by atoms with van der Waals surface area (Å²) in [6.45, 7) is 7.38. The fourth-order valence-corrected chi connectivity index (χ4v) is 3.23. The second-order valence-corrected chi connectivity index (χ2v) is 7.76. The number of furan rings is 1. The first-order valence-electron chi connectivity index (χ1n) is 9.81. The highest BCUT2D eigenvalue weighted by molar-refractivity contribution is 6.11. The number of ether oxygens (including phenoxy) is 2. The maximum absolute atomic E-state index is 13.4. The molecule has 1 amide bonds. The van der Waals surface area contributed by atoms with E-state index in [4.69, 9.17) is 14.9 Å². The Morgan fingerprint density at radius 3 is 2.29 bits per heavy atom.